The molecule has 2 aromatic heterocycles. The number of aromatic nitrogens is 4. The van der Waals surface area contributed by atoms with Crippen molar-refractivity contribution in [1.29, 1.82) is 0 Å². The number of hydrogen-bond donors (Lipinski definition) is 2. The van der Waals surface area contributed by atoms with Crippen LogP contribution in [0.1, 0.15) is 6.92 Å². The molecule has 132 valence electrons. The smallest absolute Gasteiger partial charge is 0.369 e. The summed E-state index contributed by atoms with van der Waals surface area (Å²) in [7, 11) is -0.846. The lowest BCUT2D eigenvalue weighted by molar-refractivity contribution is -0.0450. The maximum atomic E-state index is 10.6. The van der Waals surface area contributed by atoms with Crippen LogP contribution in [0.15, 0.2) is 17.6 Å². The Bertz CT molecular complexity index is 757. The summed E-state index contributed by atoms with van der Waals surface area (Å²) in [6.45, 7) is 1.60. The summed E-state index contributed by atoms with van der Waals surface area (Å²) in [5.74, 6) is 0.450. The van der Waals surface area contributed by atoms with E-state index in [0.29, 0.717) is 23.5 Å². The second-order valence-corrected chi connectivity index (χ2v) is 6.43. The molecule has 0 fully saturated rings. The molecule has 0 aliphatic rings. The van der Waals surface area contributed by atoms with Crippen LogP contribution in [0.5, 0.6) is 0 Å². The van der Waals surface area contributed by atoms with Crippen molar-refractivity contribution in [2.45, 2.75) is 19.6 Å². The number of rotatable bonds is 8. The average Bonchev–Trinajstić information content (AvgIpc) is 2.87. The molecule has 2 heterocycles. The first-order valence-electron chi connectivity index (χ1n) is 6.94. The van der Waals surface area contributed by atoms with E-state index in [1.165, 1.54) is 6.33 Å². The monoisotopic (exact) mass is 358 g/mol. The molecule has 2 aromatic rings. The molecule has 0 saturated heterocycles. The number of phosphoric ester groups is 1. The molecule has 0 bridgehead atoms. The first kappa shape index (κ1) is 18.4. The fourth-order valence-corrected chi connectivity index (χ4v) is 2.01. The van der Waals surface area contributed by atoms with Crippen molar-refractivity contribution in [2.75, 3.05) is 20.9 Å². The Morgan fingerprint density at radius 2 is 2.17 bits per heavy atom. The lowest BCUT2D eigenvalue weighted by atomic mass is 10.4. The quantitative estimate of drug-likeness (QED) is 0.299. The van der Waals surface area contributed by atoms with E-state index in [0.717, 1.165) is 0 Å². The summed E-state index contributed by atoms with van der Waals surface area (Å²) in [4.78, 5) is 35.8. The largest absolute Gasteiger partial charge is 0.471 e. The lowest BCUT2D eigenvalue weighted by Gasteiger charge is -2.14. The van der Waals surface area contributed by atoms with Gasteiger partial charge in [0.1, 0.15) is 6.33 Å². The fraction of sp³-hybridized carbons (Fsp3) is 0.500. The first-order chi connectivity index (χ1) is 11.3. The van der Waals surface area contributed by atoms with E-state index in [1.54, 1.807) is 29.1 Å². The molecule has 2 rings (SSSR count). The summed E-state index contributed by atoms with van der Waals surface area (Å²) in [6.07, 6.45) is 4.22. The Kier molecular flexibility index (Phi) is 5.97. The van der Waals surface area contributed by atoms with Gasteiger partial charge in [-0.05, 0) is 6.92 Å². The zero-order chi connectivity index (χ0) is 17.7. The second-order valence-electron chi connectivity index (χ2n) is 5.19. The molecular weight excluding hydrogens is 339 g/mol. The fourth-order valence-electron chi connectivity index (χ4n) is 1.81. The van der Waals surface area contributed by atoms with Gasteiger partial charge in [-0.3, -0.25) is 4.52 Å². The standard InChI is InChI=1S/C12H19N6O5P/c1-9(22-8-23-24(19,20)21)4-18-7-15-10-11(16-6-17(2)3)13-5-14-12(10)18/h5-7,9H,4,8H2,1-3H3,(H2,19,20,21)/t9-/m1/s1. The average molecular weight is 358 g/mol. The Morgan fingerprint density at radius 3 is 2.83 bits per heavy atom. The van der Waals surface area contributed by atoms with E-state index in [1.807, 2.05) is 14.1 Å². The predicted octanol–water partition coefficient (Wildman–Crippen LogP) is 0.520. The van der Waals surface area contributed by atoms with Crippen molar-refractivity contribution in [3.8, 4) is 0 Å². The normalized spacial score (nSPS) is 13.7. The van der Waals surface area contributed by atoms with Crippen molar-refractivity contribution in [1.82, 2.24) is 24.4 Å². The number of hydrogen-bond acceptors (Lipinski definition) is 7. The third-order valence-corrected chi connectivity index (χ3v) is 3.26. The molecule has 0 aliphatic carbocycles. The highest BCUT2D eigenvalue weighted by Crippen LogP contribution is 2.35. The second kappa shape index (κ2) is 7.77. The van der Waals surface area contributed by atoms with Crippen LogP contribution in [0, 0.1) is 0 Å². The zero-order valence-corrected chi connectivity index (χ0v) is 14.4. The van der Waals surface area contributed by atoms with E-state index in [4.69, 9.17) is 14.5 Å². The van der Waals surface area contributed by atoms with Gasteiger partial charge in [0.15, 0.2) is 23.8 Å². The Labute approximate surface area is 138 Å². The van der Waals surface area contributed by atoms with Crippen molar-refractivity contribution in [2.24, 2.45) is 4.99 Å². The van der Waals surface area contributed by atoms with Gasteiger partial charge in [-0.25, -0.2) is 24.5 Å². The predicted molar refractivity (Wildman–Crippen MR) is 85.7 cm³/mol. The molecule has 0 amide bonds. The molecule has 12 heteroatoms. The number of nitrogens with zero attached hydrogens (tertiary/aromatic N) is 6. The molecule has 0 unspecified atom stereocenters. The minimum Gasteiger partial charge on any atom is -0.369 e. The minimum absolute atomic E-state index is 0.370. The Hall–Kier alpha value is -1.91. The van der Waals surface area contributed by atoms with E-state index in [2.05, 4.69) is 24.5 Å². The van der Waals surface area contributed by atoms with Crippen LogP contribution in [0.2, 0.25) is 0 Å². The third-order valence-electron chi connectivity index (χ3n) is 2.82. The zero-order valence-electron chi connectivity index (χ0n) is 13.5. The highest BCUT2D eigenvalue weighted by atomic mass is 31.2. The maximum Gasteiger partial charge on any atom is 0.471 e. The van der Waals surface area contributed by atoms with Gasteiger partial charge >= 0.3 is 7.82 Å². The van der Waals surface area contributed by atoms with Gasteiger partial charge in [0, 0.05) is 14.1 Å². The highest BCUT2D eigenvalue weighted by molar-refractivity contribution is 7.46. The molecule has 0 aliphatic heterocycles. The van der Waals surface area contributed by atoms with Crippen LogP contribution in [0.4, 0.5) is 5.82 Å². The Balaban J connectivity index is 2.08. The van der Waals surface area contributed by atoms with E-state index in [-0.39, 0.29) is 6.10 Å². The highest BCUT2D eigenvalue weighted by Gasteiger charge is 2.16. The van der Waals surface area contributed by atoms with Crippen molar-refractivity contribution >= 4 is 31.1 Å². The summed E-state index contributed by atoms with van der Waals surface area (Å²) >= 11 is 0. The molecule has 0 spiro atoms. The molecule has 0 radical (unpaired) electrons. The van der Waals surface area contributed by atoms with E-state index in [9.17, 15) is 4.57 Å². The van der Waals surface area contributed by atoms with Gasteiger partial charge in [0.25, 0.3) is 0 Å². The summed E-state index contributed by atoms with van der Waals surface area (Å²) < 4.78 is 21.8. The number of imidazole rings is 1. The van der Waals surface area contributed by atoms with Crippen LogP contribution in [0.25, 0.3) is 11.2 Å². The molecule has 11 nitrogen and oxygen atoms in total. The SMILES string of the molecule is C[C@H](Cn1cnc2c(N=CN(C)C)ncnc21)OCOP(=O)(O)O. The lowest BCUT2D eigenvalue weighted by Crippen LogP contribution is -2.17. The van der Waals surface area contributed by atoms with Crippen molar-refractivity contribution in [3.05, 3.63) is 12.7 Å². The summed E-state index contributed by atoms with van der Waals surface area (Å²) in [5, 5.41) is 0. The van der Waals surface area contributed by atoms with Crippen LogP contribution < -0.4 is 0 Å². The van der Waals surface area contributed by atoms with Gasteiger partial charge in [-0.1, -0.05) is 0 Å². The molecule has 2 N–H and O–H groups in total. The van der Waals surface area contributed by atoms with Crippen LogP contribution in [-0.2, 0) is 20.4 Å². The molecule has 0 saturated carbocycles. The molecule has 24 heavy (non-hydrogen) atoms. The number of aliphatic imine (C=N–C) groups is 1. The third kappa shape index (κ3) is 5.32. The number of phosphoric acid groups is 1. The van der Waals surface area contributed by atoms with E-state index >= 15 is 0 Å². The number of fused-ring (bicyclic) bond motifs is 1. The Morgan fingerprint density at radius 1 is 1.42 bits per heavy atom. The molecule has 1 atom stereocenters. The van der Waals surface area contributed by atoms with Crippen LogP contribution in [0.3, 0.4) is 0 Å². The number of ether oxygens (including phenoxy) is 1. The summed E-state index contributed by atoms with van der Waals surface area (Å²) in [5.41, 5.74) is 1.14. The van der Waals surface area contributed by atoms with Gasteiger partial charge in [0.05, 0.1) is 25.3 Å². The van der Waals surface area contributed by atoms with E-state index < -0.39 is 14.6 Å². The van der Waals surface area contributed by atoms with Crippen LogP contribution >= 0.6 is 7.82 Å². The minimum atomic E-state index is -4.54. The molecule has 0 aromatic carbocycles. The van der Waals surface area contributed by atoms with Crippen molar-refractivity contribution in [3.63, 3.8) is 0 Å². The summed E-state index contributed by atoms with van der Waals surface area (Å²) in [6, 6.07) is 0. The van der Waals surface area contributed by atoms with Gasteiger partial charge < -0.3 is 24.0 Å². The topological polar surface area (TPSA) is 135 Å². The van der Waals surface area contributed by atoms with Gasteiger partial charge in [0.2, 0.25) is 0 Å². The maximum absolute atomic E-state index is 10.6. The molecular formula is C12H19N6O5P. The van der Waals surface area contributed by atoms with Crippen molar-refractivity contribution < 1.29 is 23.6 Å². The van der Waals surface area contributed by atoms with Gasteiger partial charge in [-0.2, -0.15) is 0 Å². The van der Waals surface area contributed by atoms with Gasteiger partial charge in [-0.15, -0.1) is 0 Å². The van der Waals surface area contributed by atoms with Crippen LogP contribution in [-0.4, -0.2) is 67.5 Å². The first-order valence-corrected chi connectivity index (χ1v) is 8.47.